The summed E-state index contributed by atoms with van der Waals surface area (Å²) in [6.07, 6.45) is 3.28. The fourth-order valence-corrected chi connectivity index (χ4v) is 4.51. The van der Waals surface area contributed by atoms with Crippen LogP contribution in [0.4, 0.5) is 5.69 Å². The molecule has 0 unspecified atom stereocenters. The highest BCUT2D eigenvalue weighted by molar-refractivity contribution is 7.10. The average Bonchev–Trinajstić information content (AvgIpc) is 3.23. The van der Waals surface area contributed by atoms with Gasteiger partial charge in [0.2, 0.25) is 0 Å². The Bertz CT molecular complexity index is 741. The summed E-state index contributed by atoms with van der Waals surface area (Å²) in [5.41, 5.74) is 0.0921. The van der Waals surface area contributed by atoms with Crippen LogP contribution in [0.3, 0.4) is 0 Å². The van der Waals surface area contributed by atoms with Gasteiger partial charge in [0, 0.05) is 6.42 Å². The number of aliphatic hydroxyl groups is 1. The maximum Gasteiger partial charge on any atom is 0.280 e. The van der Waals surface area contributed by atoms with E-state index >= 15 is 0 Å². The van der Waals surface area contributed by atoms with Gasteiger partial charge in [-0.1, -0.05) is 18.2 Å². The summed E-state index contributed by atoms with van der Waals surface area (Å²) in [5.74, 6) is 2.05. The van der Waals surface area contributed by atoms with Crippen LogP contribution in [-0.4, -0.2) is 35.7 Å². The number of ether oxygens (including phenoxy) is 1. The zero-order valence-electron chi connectivity index (χ0n) is 13.2. The van der Waals surface area contributed by atoms with E-state index in [0.717, 1.165) is 42.1 Å². The number of benzene rings is 1. The summed E-state index contributed by atoms with van der Waals surface area (Å²) in [6.45, 7) is 1.44. The number of hydrogen-bond donors (Lipinski definition) is 1. The van der Waals surface area contributed by atoms with Gasteiger partial charge in [0.15, 0.2) is 18.0 Å². The molecule has 0 fully saturated rings. The Labute approximate surface area is 140 Å². The number of β-amino-alcohol motifs (C(OH)–C–C–N with tert-alkyl or cyclic N) is 1. The normalized spacial score (nSPS) is 24.0. The molecule has 0 amide bonds. The van der Waals surface area contributed by atoms with Crippen molar-refractivity contribution in [3.8, 4) is 5.75 Å². The minimum absolute atomic E-state index is 0.545. The Hall–Kier alpha value is -1.85. The molecule has 2 aliphatic rings. The van der Waals surface area contributed by atoms with E-state index < -0.39 is 5.72 Å². The van der Waals surface area contributed by atoms with Crippen molar-refractivity contribution >= 4 is 22.9 Å². The van der Waals surface area contributed by atoms with E-state index in [4.69, 9.17) is 4.74 Å². The molecule has 0 saturated carbocycles. The molecule has 2 aromatic rings. The lowest BCUT2D eigenvalue weighted by molar-refractivity contribution is -0.660. The minimum atomic E-state index is -0.940. The molecule has 1 atom stereocenters. The molecule has 2 aliphatic heterocycles. The zero-order chi connectivity index (χ0) is 15.9. The van der Waals surface area contributed by atoms with E-state index in [1.165, 1.54) is 5.84 Å². The van der Waals surface area contributed by atoms with E-state index in [9.17, 15) is 5.11 Å². The lowest BCUT2D eigenvalue weighted by Gasteiger charge is -2.22. The third-order valence-corrected chi connectivity index (χ3v) is 5.78. The molecule has 3 heterocycles. The van der Waals surface area contributed by atoms with Crippen molar-refractivity contribution < 1.29 is 14.4 Å². The summed E-state index contributed by atoms with van der Waals surface area (Å²) >= 11 is 1.62. The van der Waals surface area contributed by atoms with Gasteiger partial charge in [0.25, 0.3) is 11.6 Å². The van der Waals surface area contributed by atoms with Gasteiger partial charge in [-0.3, -0.25) is 0 Å². The van der Waals surface area contributed by atoms with Crippen molar-refractivity contribution in [1.29, 1.82) is 0 Å². The number of rotatable bonds is 3. The van der Waals surface area contributed by atoms with Crippen molar-refractivity contribution in [2.24, 2.45) is 0 Å². The first-order chi connectivity index (χ1) is 11.2. The van der Waals surface area contributed by atoms with Gasteiger partial charge in [-0.25, -0.2) is 9.48 Å². The van der Waals surface area contributed by atoms with Crippen LogP contribution in [0.1, 0.15) is 24.1 Å². The van der Waals surface area contributed by atoms with Gasteiger partial charge < -0.3 is 9.84 Å². The van der Waals surface area contributed by atoms with E-state index in [2.05, 4.69) is 15.5 Å². The molecule has 0 aliphatic carbocycles. The summed E-state index contributed by atoms with van der Waals surface area (Å²) in [6, 6.07) is 12.1. The average molecular weight is 329 g/mol. The van der Waals surface area contributed by atoms with Gasteiger partial charge in [-0.15, -0.1) is 11.3 Å². The van der Waals surface area contributed by atoms with Crippen LogP contribution in [0, 0.1) is 0 Å². The van der Waals surface area contributed by atoms with Crippen LogP contribution >= 0.6 is 11.3 Å². The van der Waals surface area contributed by atoms with Crippen molar-refractivity contribution in [2.75, 3.05) is 25.1 Å². The van der Waals surface area contributed by atoms with E-state index in [1.807, 2.05) is 35.7 Å². The summed E-state index contributed by atoms with van der Waals surface area (Å²) in [4.78, 5) is 3.24. The number of amidine groups is 1. The molecule has 4 rings (SSSR count). The third-order valence-electron chi connectivity index (χ3n) is 4.77. The largest absolute Gasteiger partial charge is 0.492 e. The molecule has 1 aromatic carbocycles. The predicted octanol–water partition coefficient (Wildman–Crippen LogP) is 3.02. The lowest BCUT2D eigenvalue weighted by Crippen LogP contribution is -2.40. The Morgan fingerprint density at radius 2 is 2.09 bits per heavy atom. The Morgan fingerprint density at radius 1 is 1.22 bits per heavy atom. The number of anilines is 1. The van der Waals surface area contributed by atoms with Crippen molar-refractivity contribution in [3.63, 3.8) is 0 Å². The van der Waals surface area contributed by atoms with Gasteiger partial charge in [0.05, 0.1) is 18.5 Å². The smallest absolute Gasteiger partial charge is 0.280 e. The third kappa shape index (κ3) is 2.26. The fourth-order valence-electron chi connectivity index (χ4n) is 3.69. The van der Waals surface area contributed by atoms with Crippen LogP contribution < -0.4 is 9.64 Å². The molecule has 5 heteroatoms. The molecule has 1 N–H and O–H groups in total. The highest BCUT2D eigenvalue weighted by Crippen LogP contribution is 2.40. The predicted molar refractivity (Wildman–Crippen MR) is 92.5 cm³/mol. The fraction of sp³-hybridized carbons (Fsp3) is 0.389. The van der Waals surface area contributed by atoms with Gasteiger partial charge >= 0.3 is 0 Å². The number of hydrogen-bond acceptors (Lipinski definition) is 4. The summed E-state index contributed by atoms with van der Waals surface area (Å²) in [5, 5.41) is 13.5. The SMILES string of the molecule is COc1ccccc1N1C[C@](O)(c2cccs2)[N+]2=C1CCCC2. The highest BCUT2D eigenvalue weighted by Gasteiger charge is 2.53. The molecule has 0 saturated heterocycles. The quantitative estimate of drug-likeness (QED) is 0.879. The second-order valence-electron chi connectivity index (χ2n) is 6.08. The Morgan fingerprint density at radius 3 is 2.87 bits per heavy atom. The molecular weight excluding hydrogens is 308 g/mol. The summed E-state index contributed by atoms with van der Waals surface area (Å²) in [7, 11) is 1.70. The topological polar surface area (TPSA) is 35.7 Å². The Kier molecular flexibility index (Phi) is 3.62. The standard InChI is InChI=1S/C18H21N2O2S/c1-22-15-8-3-2-7-14(15)19-13-18(21,16-9-6-12-23-16)20-11-5-4-10-17(19)20/h2-3,6-9,12,21H,4-5,10-11,13H2,1H3/q+1/t18-/m0/s1. The molecule has 23 heavy (non-hydrogen) atoms. The maximum atomic E-state index is 11.5. The maximum absolute atomic E-state index is 11.5. The zero-order valence-corrected chi connectivity index (χ0v) is 14.1. The van der Waals surface area contributed by atoms with Gasteiger partial charge in [0.1, 0.15) is 0 Å². The minimum Gasteiger partial charge on any atom is -0.492 e. The second-order valence-corrected chi connectivity index (χ2v) is 7.02. The number of nitrogens with zero attached hydrogens (tertiary/aromatic N) is 2. The number of para-hydroxylation sites is 2. The number of methoxy groups -OCH3 is 1. The van der Waals surface area contributed by atoms with Crippen LogP contribution in [0.5, 0.6) is 5.75 Å². The first-order valence-corrected chi connectivity index (χ1v) is 8.92. The van der Waals surface area contributed by atoms with E-state index in [-0.39, 0.29) is 0 Å². The monoisotopic (exact) mass is 329 g/mol. The first-order valence-electron chi connectivity index (χ1n) is 8.04. The Balaban J connectivity index is 1.83. The molecule has 0 radical (unpaired) electrons. The van der Waals surface area contributed by atoms with Crippen molar-refractivity contribution in [2.45, 2.75) is 25.0 Å². The van der Waals surface area contributed by atoms with E-state index in [1.54, 1.807) is 18.4 Å². The molecule has 120 valence electrons. The number of thiophene rings is 1. The molecule has 0 bridgehead atoms. The second kappa shape index (κ2) is 5.65. The first kappa shape index (κ1) is 14.7. The van der Waals surface area contributed by atoms with Crippen LogP contribution in [0.25, 0.3) is 0 Å². The van der Waals surface area contributed by atoms with Crippen LogP contribution in [-0.2, 0) is 5.72 Å². The molecular formula is C18H21N2O2S+. The lowest BCUT2D eigenvalue weighted by atomic mass is 10.1. The van der Waals surface area contributed by atoms with Crippen molar-refractivity contribution in [3.05, 3.63) is 46.7 Å². The molecule has 0 spiro atoms. The van der Waals surface area contributed by atoms with Crippen LogP contribution in [0.2, 0.25) is 0 Å². The molecule has 4 nitrogen and oxygen atoms in total. The van der Waals surface area contributed by atoms with Crippen molar-refractivity contribution in [1.82, 2.24) is 0 Å². The molecule has 1 aromatic heterocycles. The van der Waals surface area contributed by atoms with Gasteiger partial charge in [-0.2, -0.15) is 0 Å². The van der Waals surface area contributed by atoms with E-state index in [0.29, 0.717) is 6.54 Å². The highest BCUT2D eigenvalue weighted by atomic mass is 32.1. The van der Waals surface area contributed by atoms with Gasteiger partial charge in [-0.05, 0) is 36.4 Å². The van der Waals surface area contributed by atoms with Crippen LogP contribution in [0.15, 0.2) is 41.8 Å². The summed E-state index contributed by atoms with van der Waals surface area (Å²) < 4.78 is 7.73.